The van der Waals surface area contributed by atoms with Gasteiger partial charge in [0.15, 0.2) is 0 Å². The van der Waals surface area contributed by atoms with Gasteiger partial charge < -0.3 is 14.9 Å². The number of carbonyl (C=O) groups is 2. The molecule has 114 valence electrons. The van der Waals surface area contributed by atoms with Gasteiger partial charge in [0.25, 0.3) is 0 Å². The van der Waals surface area contributed by atoms with Crippen LogP contribution in [0.15, 0.2) is 24.3 Å². The topological polar surface area (TPSA) is 83.8 Å². The quantitative estimate of drug-likeness (QED) is 0.840. The van der Waals surface area contributed by atoms with Crippen LogP contribution in [0.25, 0.3) is 0 Å². The van der Waals surface area contributed by atoms with Crippen molar-refractivity contribution in [1.29, 1.82) is 0 Å². The normalized spacial score (nSPS) is 17.5. The van der Waals surface area contributed by atoms with E-state index in [0.29, 0.717) is 42.5 Å². The molecule has 21 heavy (non-hydrogen) atoms. The number of ether oxygens (including phenoxy) is 1. The number of rotatable bonds is 6. The Labute approximate surface area is 123 Å². The van der Waals surface area contributed by atoms with Gasteiger partial charge in [-0.1, -0.05) is 12.1 Å². The smallest absolute Gasteiger partial charge is 0.306 e. The Kier molecular flexibility index (Phi) is 5.33. The van der Waals surface area contributed by atoms with Gasteiger partial charge in [0, 0.05) is 12.8 Å². The van der Waals surface area contributed by atoms with Crippen LogP contribution in [-0.2, 0) is 9.59 Å². The maximum atomic E-state index is 11.2. The summed E-state index contributed by atoms with van der Waals surface area (Å²) in [5, 5.41) is 18.5. The monoisotopic (exact) mass is 292 g/mol. The maximum absolute atomic E-state index is 11.2. The molecule has 0 aromatic heterocycles. The summed E-state index contributed by atoms with van der Waals surface area (Å²) in [6.45, 7) is 0.547. The van der Waals surface area contributed by atoms with E-state index in [1.165, 1.54) is 0 Å². The summed E-state index contributed by atoms with van der Waals surface area (Å²) in [4.78, 5) is 21.8. The van der Waals surface area contributed by atoms with Crippen LogP contribution in [0.3, 0.4) is 0 Å². The minimum Gasteiger partial charge on any atom is -0.493 e. The Morgan fingerprint density at radius 2 is 2.05 bits per heavy atom. The minimum absolute atomic E-state index is 0.324. The molecular formula is C16H20O5. The van der Waals surface area contributed by atoms with Gasteiger partial charge in [0.05, 0.1) is 19.1 Å². The lowest BCUT2D eigenvalue weighted by Crippen LogP contribution is -2.19. The van der Waals surface area contributed by atoms with Crippen LogP contribution >= 0.6 is 0 Å². The third-order valence-electron chi connectivity index (χ3n) is 3.76. The molecule has 1 unspecified atom stereocenters. The third-order valence-corrected chi connectivity index (χ3v) is 3.76. The predicted octanol–water partition coefficient (Wildman–Crippen LogP) is 2.33. The Morgan fingerprint density at radius 1 is 1.33 bits per heavy atom. The van der Waals surface area contributed by atoms with Crippen LogP contribution in [0.5, 0.6) is 5.75 Å². The molecule has 1 aliphatic rings. The lowest BCUT2D eigenvalue weighted by Gasteiger charge is -2.21. The van der Waals surface area contributed by atoms with Crippen molar-refractivity contribution in [3.05, 3.63) is 29.8 Å². The fraction of sp³-hybridized carbons (Fsp3) is 0.500. The van der Waals surface area contributed by atoms with Crippen LogP contribution in [0.1, 0.15) is 43.8 Å². The van der Waals surface area contributed by atoms with Gasteiger partial charge >= 0.3 is 5.97 Å². The van der Waals surface area contributed by atoms with Crippen LogP contribution in [0.4, 0.5) is 0 Å². The first kappa shape index (κ1) is 15.5. The first-order valence-electron chi connectivity index (χ1n) is 7.19. The van der Waals surface area contributed by atoms with E-state index in [9.17, 15) is 14.7 Å². The fourth-order valence-electron chi connectivity index (χ4n) is 2.48. The summed E-state index contributed by atoms with van der Waals surface area (Å²) in [6, 6.07) is 6.87. The molecule has 2 rings (SSSR count). The van der Waals surface area contributed by atoms with E-state index < -0.39 is 12.1 Å². The molecule has 0 spiro atoms. The van der Waals surface area contributed by atoms with E-state index in [-0.39, 0.29) is 6.42 Å². The molecule has 0 aliphatic heterocycles. The summed E-state index contributed by atoms with van der Waals surface area (Å²) in [5.41, 5.74) is 0.536. The number of carboxylic acids is 1. The summed E-state index contributed by atoms with van der Waals surface area (Å²) in [6.07, 6.45) is 1.63. The standard InChI is InChI=1S/C16H20O5/c17-13-6-4-11(5-7-13)10-21-14-3-1-2-12(8-14)15(18)9-16(19)20/h1-3,8,11,15,18H,4-7,9-10H2,(H,19,20). The first-order valence-corrected chi connectivity index (χ1v) is 7.19. The van der Waals surface area contributed by atoms with E-state index in [1.807, 2.05) is 0 Å². The second-order valence-corrected chi connectivity index (χ2v) is 5.48. The number of aliphatic hydroxyl groups is 1. The van der Waals surface area contributed by atoms with Gasteiger partial charge in [-0.05, 0) is 36.5 Å². The van der Waals surface area contributed by atoms with Crippen LogP contribution in [-0.4, -0.2) is 28.6 Å². The number of aliphatic carboxylic acids is 1. The molecule has 1 saturated carbocycles. The van der Waals surface area contributed by atoms with Gasteiger partial charge in [0.1, 0.15) is 11.5 Å². The zero-order chi connectivity index (χ0) is 15.2. The molecule has 0 radical (unpaired) electrons. The highest BCUT2D eigenvalue weighted by molar-refractivity contribution is 5.79. The molecular weight excluding hydrogens is 272 g/mol. The molecule has 5 nitrogen and oxygen atoms in total. The van der Waals surface area contributed by atoms with Crippen molar-refractivity contribution >= 4 is 11.8 Å². The second kappa shape index (κ2) is 7.22. The van der Waals surface area contributed by atoms with Gasteiger partial charge in [-0.2, -0.15) is 0 Å². The Morgan fingerprint density at radius 3 is 2.71 bits per heavy atom. The van der Waals surface area contributed by atoms with Crippen LogP contribution in [0, 0.1) is 5.92 Å². The molecule has 0 bridgehead atoms. The highest BCUT2D eigenvalue weighted by Gasteiger charge is 2.19. The number of carbonyl (C=O) groups excluding carboxylic acids is 1. The molecule has 1 aromatic carbocycles. The van der Waals surface area contributed by atoms with Gasteiger partial charge in [-0.15, -0.1) is 0 Å². The summed E-state index contributed by atoms with van der Waals surface area (Å²) in [7, 11) is 0. The number of hydrogen-bond acceptors (Lipinski definition) is 4. The molecule has 1 fully saturated rings. The van der Waals surface area contributed by atoms with E-state index >= 15 is 0 Å². The molecule has 1 aromatic rings. The molecule has 1 atom stereocenters. The Bertz CT molecular complexity index is 501. The summed E-state index contributed by atoms with van der Waals surface area (Å²) in [5.74, 6) is 0.287. The number of hydrogen-bond donors (Lipinski definition) is 2. The Hall–Kier alpha value is -1.88. The largest absolute Gasteiger partial charge is 0.493 e. The number of ketones is 1. The second-order valence-electron chi connectivity index (χ2n) is 5.48. The van der Waals surface area contributed by atoms with Crippen molar-refractivity contribution in [2.75, 3.05) is 6.61 Å². The van der Waals surface area contributed by atoms with Gasteiger partial charge in [0.2, 0.25) is 0 Å². The number of carboxylic acid groups (broad SMARTS) is 1. The zero-order valence-corrected chi connectivity index (χ0v) is 11.8. The zero-order valence-electron chi connectivity index (χ0n) is 11.8. The average molecular weight is 292 g/mol. The average Bonchev–Trinajstić information content (AvgIpc) is 2.46. The molecule has 0 heterocycles. The number of aliphatic hydroxyl groups excluding tert-OH is 1. The molecule has 2 N–H and O–H groups in total. The highest BCUT2D eigenvalue weighted by atomic mass is 16.5. The fourth-order valence-corrected chi connectivity index (χ4v) is 2.48. The molecule has 0 saturated heterocycles. The van der Waals surface area contributed by atoms with Crippen molar-refractivity contribution in [2.24, 2.45) is 5.92 Å². The van der Waals surface area contributed by atoms with Crippen molar-refractivity contribution in [1.82, 2.24) is 0 Å². The van der Waals surface area contributed by atoms with Crippen LogP contribution in [0.2, 0.25) is 0 Å². The molecule has 5 heteroatoms. The predicted molar refractivity (Wildman–Crippen MR) is 76.1 cm³/mol. The summed E-state index contributed by atoms with van der Waals surface area (Å²) < 4.78 is 5.71. The van der Waals surface area contributed by atoms with E-state index in [1.54, 1.807) is 24.3 Å². The van der Waals surface area contributed by atoms with Crippen molar-refractivity contribution in [3.8, 4) is 5.75 Å². The highest BCUT2D eigenvalue weighted by Crippen LogP contribution is 2.25. The summed E-state index contributed by atoms with van der Waals surface area (Å²) >= 11 is 0. The SMILES string of the molecule is O=C(O)CC(O)c1cccc(OCC2CCC(=O)CC2)c1. The van der Waals surface area contributed by atoms with Crippen molar-refractivity contribution in [3.63, 3.8) is 0 Å². The van der Waals surface area contributed by atoms with Gasteiger partial charge in [-0.25, -0.2) is 0 Å². The van der Waals surface area contributed by atoms with E-state index in [0.717, 1.165) is 12.8 Å². The number of benzene rings is 1. The van der Waals surface area contributed by atoms with E-state index in [2.05, 4.69) is 0 Å². The Balaban J connectivity index is 1.88. The van der Waals surface area contributed by atoms with E-state index in [4.69, 9.17) is 9.84 Å². The first-order chi connectivity index (χ1) is 10.0. The third kappa shape index (κ3) is 4.86. The van der Waals surface area contributed by atoms with Crippen LogP contribution < -0.4 is 4.74 Å². The number of Topliss-reactive ketones (excluding diaryl/α,β-unsaturated/α-hetero) is 1. The molecule has 1 aliphatic carbocycles. The lowest BCUT2D eigenvalue weighted by molar-refractivity contribution is -0.139. The maximum Gasteiger partial charge on any atom is 0.306 e. The lowest BCUT2D eigenvalue weighted by atomic mass is 9.89. The van der Waals surface area contributed by atoms with Crippen molar-refractivity contribution in [2.45, 2.75) is 38.2 Å². The molecule has 0 amide bonds. The van der Waals surface area contributed by atoms with Gasteiger partial charge in [-0.3, -0.25) is 9.59 Å². The minimum atomic E-state index is -1.04. The van der Waals surface area contributed by atoms with Crippen molar-refractivity contribution < 1.29 is 24.5 Å².